The summed E-state index contributed by atoms with van der Waals surface area (Å²) in [7, 11) is 0. The molecular weight excluding hydrogens is 433 g/mol. The fourth-order valence-corrected chi connectivity index (χ4v) is 3.24. The van der Waals surface area contributed by atoms with Crippen LogP contribution in [-0.2, 0) is 9.53 Å². The molecule has 0 bridgehead atoms. The van der Waals surface area contributed by atoms with Crippen molar-refractivity contribution in [1.29, 1.82) is 0 Å². The van der Waals surface area contributed by atoms with Crippen LogP contribution in [-0.4, -0.2) is 40.3 Å². The van der Waals surface area contributed by atoms with Crippen LogP contribution in [0, 0.1) is 3.57 Å². The lowest BCUT2D eigenvalue weighted by Gasteiger charge is -2.28. The third-order valence-corrected chi connectivity index (χ3v) is 5.22. The SMILES string of the molecule is CC(C)(C)OC(=O)N1CC[C@@H](c2ccc(I)c(Cl)c2)[C@H]1C(=O)O. The molecule has 0 aliphatic carbocycles. The van der Waals surface area contributed by atoms with Crippen molar-refractivity contribution in [1.82, 2.24) is 4.90 Å². The summed E-state index contributed by atoms with van der Waals surface area (Å²) >= 11 is 8.26. The molecule has 2 atom stereocenters. The maximum atomic E-state index is 12.3. The molecule has 23 heavy (non-hydrogen) atoms. The van der Waals surface area contributed by atoms with Gasteiger partial charge in [0, 0.05) is 16.0 Å². The lowest BCUT2D eigenvalue weighted by Crippen LogP contribution is -2.45. The minimum absolute atomic E-state index is 0.297. The summed E-state index contributed by atoms with van der Waals surface area (Å²) in [5.41, 5.74) is 0.165. The highest BCUT2D eigenvalue weighted by Crippen LogP contribution is 2.36. The summed E-state index contributed by atoms with van der Waals surface area (Å²) in [5, 5.41) is 10.2. The summed E-state index contributed by atoms with van der Waals surface area (Å²) in [6.45, 7) is 5.62. The molecule has 1 saturated heterocycles. The number of carbonyl (C=O) groups is 2. The molecule has 1 heterocycles. The van der Waals surface area contributed by atoms with Crippen molar-refractivity contribution in [2.75, 3.05) is 6.54 Å². The van der Waals surface area contributed by atoms with Crippen LogP contribution >= 0.6 is 34.2 Å². The normalized spacial score (nSPS) is 21.3. The number of nitrogens with zero attached hydrogens (tertiary/aromatic N) is 1. The maximum Gasteiger partial charge on any atom is 0.411 e. The van der Waals surface area contributed by atoms with E-state index in [9.17, 15) is 14.7 Å². The van der Waals surface area contributed by atoms with E-state index in [2.05, 4.69) is 22.6 Å². The van der Waals surface area contributed by atoms with Crippen molar-refractivity contribution in [2.24, 2.45) is 0 Å². The Labute approximate surface area is 154 Å². The van der Waals surface area contributed by atoms with Gasteiger partial charge in [-0.25, -0.2) is 9.59 Å². The summed E-state index contributed by atoms with van der Waals surface area (Å²) in [5.74, 6) is -1.33. The zero-order chi connectivity index (χ0) is 17.4. The Bertz CT molecular complexity index is 629. The highest BCUT2D eigenvalue weighted by atomic mass is 127. The third kappa shape index (κ3) is 4.29. The van der Waals surface area contributed by atoms with Gasteiger partial charge in [-0.15, -0.1) is 0 Å². The molecule has 0 radical (unpaired) electrons. The number of carboxylic acid groups (broad SMARTS) is 1. The van der Waals surface area contributed by atoms with Crippen molar-refractivity contribution < 1.29 is 19.4 Å². The van der Waals surface area contributed by atoms with Gasteiger partial charge in [0.1, 0.15) is 11.6 Å². The number of halogens is 2. The van der Waals surface area contributed by atoms with E-state index < -0.39 is 23.7 Å². The Morgan fingerprint density at radius 2 is 2.04 bits per heavy atom. The van der Waals surface area contributed by atoms with Crippen LogP contribution in [0.1, 0.15) is 38.7 Å². The minimum atomic E-state index is -1.03. The lowest BCUT2D eigenvalue weighted by atomic mass is 9.92. The van der Waals surface area contributed by atoms with Crippen molar-refractivity contribution in [2.45, 2.75) is 44.8 Å². The molecule has 1 aromatic rings. The van der Waals surface area contributed by atoms with Crippen LogP contribution in [0.3, 0.4) is 0 Å². The lowest BCUT2D eigenvalue weighted by molar-refractivity contribution is -0.142. The first kappa shape index (κ1) is 18.3. The second-order valence-electron chi connectivity index (χ2n) is 6.53. The van der Waals surface area contributed by atoms with Gasteiger partial charge in [-0.3, -0.25) is 4.90 Å². The van der Waals surface area contributed by atoms with Gasteiger partial charge in [0.25, 0.3) is 0 Å². The van der Waals surface area contributed by atoms with Crippen LogP contribution in [0.5, 0.6) is 0 Å². The smallest absolute Gasteiger partial charge is 0.411 e. The van der Waals surface area contributed by atoms with E-state index in [-0.39, 0.29) is 5.92 Å². The van der Waals surface area contributed by atoms with E-state index in [1.54, 1.807) is 26.8 Å². The Kier molecular flexibility index (Phi) is 5.45. The van der Waals surface area contributed by atoms with Crippen LogP contribution in [0.15, 0.2) is 18.2 Å². The maximum absolute atomic E-state index is 12.3. The molecule has 126 valence electrons. The van der Waals surface area contributed by atoms with Crippen molar-refractivity contribution >= 4 is 46.3 Å². The number of aliphatic carboxylic acids is 1. The number of rotatable bonds is 2. The Balaban J connectivity index is 2.27. The number of carboxylic acids is 1. The average Bonchev–Trinajstić information content (AvgIpc) is 2.85. The molecule has 5 nitrogen and oxygen atoms in total. The predicted octanol–water partition coefficient (Wildman–Crippen LogP) is 4.12. The van der Waals surface area contributed by atoms with Crippen LogP contribution in [0.4, 0.5) is 4.79 Å². The molecule has 7 heteroatoms. The quantitative estimate of drug-likeness (QED) is 0.687. The first-order chi connectivity index (χ1) is 10.6. The molecular formula is C16H19ClINO4. The summed E-state index contributed by atoms with van der Waals surface area (Å²) in [6.07, 6.45) is -0.0309. The third-order valence-electron chi connectivity index (χ3n) is 3.65. The number of carbonyl (C=O) groups excluding carboxylic acids is 1. The summed E-state index contributed by atoms with van der Waals surface area (Å²) in [6, 6.07) is 4.56. The first-order valence-electron chi connectivity index (χ1n) is 7.27. The van der Waals surface area contributed by atoms with Crippen molar-refractivity contribution in [3.63, 3.8) is 0 Å². The van der Waals surface area contributed by atoms with Gasteiger partial charge < -0.3 is 9.84 Å². The second kappa shape index (κ2) is 6.84. The molecule has 1 fully saturated rings. The molecule has 0 spiro atoms. The topological polar surface area (TPSA) is 66.8 Å². The molecule has 1 aliphatic rings. The van der Waals surface area contributed by atoms with Gasteiger partial charge >= 0.3 is 12.1 Å². The molecule has 1 aliphatic heterocycles. The van der Waals surface area contributed by atoms with Crippen LogP contribution in [0.25, 0.3) is 0 Å². The number of amides is 1. The number of hydrogen-bond donors (Lipinski definition) is 1. The van der Waals surface area contributed by atoms with Crippen molar-refractivity contribution in [3.8, 4) is 0 Å². The largest absolute Gasteiger partial charge is 0.480 e. The van der Waals surface area contributed by atoms with E-state index in [1.807, 2.05) is 12.1 Å². The monoisotopic (exact) mass is 451 g/mol. The Morgan fingerprint density at radius 1 is 1.39 bits per heavy atom. The van der Waals surface area contributed by atoms with Gasteiger partial charge in [-0.2, -0.15) is 0 Å². The fourth-order valence-electron chi connectivity index (χ4n) is 2.72. The molecule has 0 unspecified atom stereocenters. The van der Waals surface area contributed by atoms with Gasteiger partial charge in [0.05, 0.1) is 5.02 Å². The van der Waals surface area contributed by atoms with Gasteiger partial charge in [-0.1, -0.05) is 17.7 Å². The molecule has 1 amide bonds. The van der Waals surface area contributed by atoms with Gasteiger partial charge in [0.15, 0.2) is 0 Å². The van der Waals surface area contributed by atoms with Crippen molar-refractivity contribution in [3.05, 3.63) is 32.4 Å². The zero-order valence-electron chi connectivity index (χ0n) is 13.2. The molecule has 1 aromatic carbocycles. The van der Waals surface area contributed by atoms with E-state index >= 15 is 0 Å². The van der Waals surface area contributed by atoms with E-state index in [0.717, 1.165) is 9.13 Å². The number of ether oxygens (including phenoxy) is 1. The standard InChI is InChI=1S/C16H19ClINO4/c1-16(2,3)23-15(22)19-7-6-10(13(19)14(20)21)9-4-5-12(18)11(17)8-9/h4-5,8,10,13H,6-7H2,1-3H3,(H,20,21)/t10-,13-/m0/s1. The van der Waals surface area contributed by atoms with E-state index in [4.69, 9.17) is 16.3 Å². The highest BCUT2D eigenvalue weighted by Gasteiger charge is 2.44. The molecule has 2 rings (SSSR count). The summed E-state index contributed by atoms with van der Waals surface area (Å²) in [4.78, 5) is 25.3. The number of hydrogen-bond acceptors (Lipinski definition) is 3. The number of likely N-dealkylation sites (tertiary alicyclic amines) is 1. The molecule has 1 N–H and O–H groups in total. The second-order valence-corrected chi connectivity index (χ2v) is 8.09. The zero-order valence-corrected chi connectivity index (χ0v) is 16.1. The highest BCUT2D eigenvalue weighted by molar-refractivity contribution is 14.1. The van der Waals surface area contributed by atoms with E-state index in [0.29, 0.717) is 18.0 Å². The van der Waals surface area contributed by atoms with E-state index in [1.165, 1.54) is 4.90 Å². The Hall–Kier alpha value is -1.02. The number of benzene rings is 1. The van der Waals surface area contributed by atoms with Gasteiger partial charge in [0.2, 0.25) is 0 Å². The fraction of sp³-hybridized carbons (Fsp3) is 0.500. The molecule has 0 aromatic heterocycles. The first-order valence-corrected chi connectivity index (χ1v) is 8.73. The van der Waals surface area contributed by atoms with Crippen LogP contribution < -0.4 is 0 Å². The average molecular weight is 452 g/mol. The molecule has 0 saturated carbocycles. The van der Waals surface area contributed by atoms with Crippen LogP contribution in [0.2, 0.25) is 5.02 Å². The predicted molar refractivity (Wildman–Crippen MR) is 95.9 cm³/mol. The Morgan fingerprint density at radius 3 is 2.57 bits per heavy atom. The van der Waals surface area contributed by atoms with Gasteiger partial charge in [-0.05, 0) is 67.5 Å². The minimum Gasteiger partial charge on any atom is -0.480 e. The summed E-state index contributed by atoms with van der Waals surface area (Å²) < 4.78 is 6.23.